The number of hydrogen-bond donors (Lipinski definition) is 3. The van der Waals surface area contributed by atoms with Crippen molar-refractivity contribution in [1.82, 2.24) is 16.0 Å². The summed E-state index contributed by atoms with van der Waals surface area (Å²) in [5.74, 6) is 0.393. The summed E-state index contributed by atoms with van der Waals surface area (Å²) >= 11 is 1.69. The molecule has 2 rings (SSSR count). The van der Waals surface area contributed by atoms with Gasteiger partial charge in [-0.05, 0) is 44.2 Å². The van der Waals surface area contributed by atoms with Crippen LogP contribution in [0.3, 0.4) is 0 Å². The molecule has 2 aromatic rings. The first-order valence-corrected chi connectivity index (χ1v) is 10.2. The van der Waals surface area contributed by atoms with Crippen LogP contribution in [0.4, 0.5) is 5.69 Å². The molecule has 0 aliphatic carbocycles. The first-order valence-electron chi connectivity index (χ1n) is 9.32. The second kappa shape index (κ2) is 12.5. The van der Waals surface area contributed by atoms with E-state index < -0.39 is 4.92 Å². The monoisotopic (exact) mass is 545 g/mol. The number of benzene rings is 1. The summed E-state index contributed by atoms with van der Waals surface area (Å²) in [6, 6.07) is 10.4. The van der Waals surface area contributed by atoms with Gasteiger partial charge < -0.3 is 16.0 Å². The van der Waals surface area contributed by atoms with Crippen molar-refractivity contribution in [3.63, 3.8) is 0 Å². The van der Waals surface area contributed by atoms with Crippen molar-refractivity contribution in [2.24, 2.45) is 4.99 Å². The van der Waals surface area contributed by atoms with Crippen molar-refractivity contribution in [2.45, 2.75) is 39.3 Å². The topological polar surface area (TPSA) is 109 Å². The summed E-state index contributed by atoms with van der Waals surface area (Å²) in [5, 5.41) is 22.0. The number of aliphatic imine (C=N–C) groups is 1. The van der Waals surface area contributed by atoms with E-state index in [1.54, 1.807) is 23.5 Å². The van der Waals surface area contributed by atoms with Crippen LogP contribution >= 0.6 is 35.3 Å². The number of halogens is 1. The molecule has 0 radical (unpaired) electrons. The summed E-state index contributed by atoms with van der Waals surface area (Å²) in [4.78, 5) is 28.2. The van der Waals surface area contributed by atoms with Crippen molar-refractivity contribution >= 4 is 52.9 Å². The molecule has 0 aliphatic rings. The van der Waals surface area contributed by atoms with Crippen molar-refractivity contribution < 1.29 is 9.72 Å². The van der Waals surface area contributed by atoms with Crippen LogP contribution in [0.25, 0.3) is 0 Å². The van der Waals surface area contributed by atoms with E-state index >= 15 is 0 Å². The highest BCUT2D eigenvalue weighted by Crippen LogP contribution is 2.12. The molecule has 30 heavy (non-hydrogen) atoms. The van der Waals surface area contributed by atoms with Crippen molar-refractivity contribution in [2.75, 3.05) is 13.1 Å². The Morgan fingerprint density at radius 3 is 2.43 bits per heavy atom. The number of thiophene rings is 1. The standard InChI is InChI=1S/C20H27N5O3S.HI/c1-20(2,3)24-18(26)14-23-19(21-11-10-17-5-4-12-29-17)22-13-15-6-8-16(9-7-15)25(27)28;/h4-9,12H,10-11,13-14H2,1-3H3,(H,24,26)(H2,21,22,23);1H. The van der Waals surface area contributed by atoms with Crippen LogP contribution < -0.4 is 16.0 Å². The molecule has 0 fully saturated rings. The third-order valence-corrected chi connectivity index (χ3v) is 4.68. The van der Waals surface area contributed by atoms with E-state index in [4.69, 9.17) is 0 Å². The van der Waals surface area contributed by atoms with E-state index in [1.165, 1.54) is 17.0 Å². The van der Waals surface area contributed by atoms with Crippen LogP contribution in [-0.4, -0.2) is 35.4 Å². The van der Waals surface area contributed by atoms with E-state index in [9.17, 15) is 14.9 Å². The average Bonchev–Trinajstić information content (AvgIpc) is 3.16. The smallest absolute Gasteiger partial charge is 0.269 e. The molecule has 0 bridgehead atoms. The molecule has 8 nitrogen and oxygen atoms in total. The molecule has 10 heteroatoms. The second-order valence-corrected chi connectivity index (χ2v) is 8.53. The Labute approximate surface area is 197 Å². The Hall–Kier alpha value is -2.21. The molecule has 0 spiro atoms. The zero-order valence-electron chi connectivity index (χ0n) is 17.3. The number of nitrogens with zero attached hydrogens (tertiary/aromatic N) is 2. The number of guanidine groups is 1. The number of hydrogen-bond acceptors (Lipinski definition) is 5. The molecule has 0 aliphatic heterocycles. The van der Waals surface area contributed by atoms with Crippen LogP contribution in [0, 0.1) is 10.1 Å². The fourth-order valence-corrected chi connectivity index (χ4v) is 3.16. The van der Waals surface area contributed by atoms with Crippen LogP contribution in [-0.2, 0) is 17.8 Å². The normalized spacial score (nSPS) is 11.4. The number of non-ortho nitro benzene ring substituents is 1. The SMILES string of the molecule is CC(C)(C)NC(=O)CNC(=NCc1ccc([N+](=O)[O-])cc1)NCCc1cccs1.I. The molecular formula is C20H28IN5O3S. The molecule has 1 heterocycles. The largest absolute Gasteiger partial charge is 0.356 e. The molecule has 1 amide bonds. The Kier molecular flexibility index (Phi) is 10.7. The lowest BCUT2D eigenvalue weighted by Crippen LogP contribution is -2.48. The van der Waals surface area contributed by atoms with Crippen LogP contribution in [0.5, 0.6) is 0 Å². The van der Waals surface area contributed by atoms with Gasteiger partial charge in [0.1, 0.15) is 0 Å². The lowest BCUT2D eigenvalue weighted by Gasteiger charge is -2.21. The maximum Gasteiger partial charge on any atom is 0.269 e. The van der Waals surface area contributed by atoms with Gasteiger partial charge in [0, 0.05) is 29.1 Å². The molecule has 0 unspecified atom stereocenters. The summed E-state index contributed by atoms with van der Waals surface area (Å²) in [6.07, 6.45) is 0.851. The number of carbonyl (C=O) groups excluding carboxylic acids is 1. The number of nitrogens with one attached hydrogen (secondary N) is 3. The van der Waals surface area contributed by atoms with Crippen LogP contribution in [0.15, 0.2) is 46.8 Å². The van der Waals surface area contributed by atoms with Crippen molar-refractivity contribution in [3.05, 3.63) is 62.3 Å². The third-order valence-electron chi connectivity index (χ3n) is 3.74. The molecular weight excluding hydrogens is 517 g/mol. The fourth-order valence-electron chi connectivity index (χ4n) is 2.45. The Morgan fingerprint density at radius 1 is 1.17 bits per heavy atom. The highest BCUT2D eigenvalue weighted by molar-refractivity contribution is 14.0. The Morgan fingerprint density at radius 2 is 1.87 bits per heavy atom. The Balaban J connectivity index is 0.00000450. The van der Waals surface area contributed by atoms with Gasteiger partial charge in [-0.25, -0.2) is 4.99 Å². The molecule has 0 saturated carbocycles. The molecule has 1 aromatic heterocycles. The van der Waals surface area contributed by atoms with E-state index in [2.05, 4.69) is 27.0 Å². The van der Waals surface area contributed by atoms with E-state index in [0.717, 1.165) is 12.0 Å². The van der Waals surface area contributed by atoms with E-state index in [-0.39, 0.29) is 47.7 Å². The minimum absolute atomic E-state index is 0. The number of carbonyl (C=O) groups is 1. The molecule has 0 saturated heterocycles. The maximum absolute atomic E-state index is 12.1. The van der Waals surface area contributed by atoms with Gasteiger partial charge in [0.25, 0.3) is 5.69 Å². The second-order valence-electron chi connectivity index (χ2n) is 7.50. The van der Waals surface area contributed by atoms with Gasteiger partial charge in [0.15, 0.2) is 5.96 Å². The molecule has 1 aromatic carbocycles. The van der Waals surface area contributed by atoms with Crippen molar-refractivity contribution in [1.29, 1.82) is 0 Å². The van der Waals surface area contributed by atoms with Gasteiger partial charge >= 0.3 is 0 Å². The van der Waals surface area contributed by atoms with E-state index in [0.29, 0.717) is 19.0 Å². The number of nitro benzene ring substituents is 1. The summed E-state index contributed by atoms with van der Waals surface area (Å²) < 4.78 is 0. The zero-order valence-corrected chi connectivity index (χ0v) is 20.5. The van der Waals surface area contributed by atoms with Gasteiger partial charge in [0.2, 0.25) is 5.91 Å². The average molecular weight is 545 g/mol. The maximum atomic E-state index is 12.1. The quantitative estimate of drug-likeness (QED) is 0.155. The number of nitro groups is 1. The van der Waals surface area contributed by atoms with Crippen LogP contribution in [0.1, 0.15) is 31.2 Å². The molecule has 0 atom stereocenters. The van der Waals surface area contributed by atoms with Crippen molar-refractivity contribution in [3.8, 4) is 0 Å². The van der Waals surface area contributed by atoms with E-state index in [1.807, 2.05) is 32.2 Å². The third kappa shape index (κ3) is 10.0. The minimum atomic E-state index is -0.431. The highest BCUT2D eigenvalue weighted by atomic mass is 127. The first-order chi connectivity index (χ1) is 13.7. The number of amides is 1. The van der Waals surface area contributed by atoms with Gasteiger partial charge in [-0.1, -0.05) is 18.2 Å². The predicted octanol–water partition coefficient (Wildman–Crippen LogP) is 3.47. The summed E-state index contributed by atoms with van der Waals surface area (Å²) in [7, 11) is 0. The lowest BCUT2D eigenvalue weighted by molar-refractivity contribution is -0.384. The zero-order chi connectivity index (χ0) is 21.3. The fraction of sp³-hybridized carbons (Fsp3) is 0.400. The summed E-state index contributed by atoms with van der Waals surface area (Å²) in [6.45, 7) is 6.89. The summed E-state index contributed by atoms with van der Waals surface area (Å²) in [5.41, 5.74) is 0.583. The first kappa shape index (κ1) is 25.8. The van der Waals surface area contributed by atoms with Gasteiger partial charge in [-0.2, -0.15) is 0 Å². The molecule has 3 N–H and O–H groups in total. The highest BCUT2D eigenvalue weighted by Gasteiger charge is 2.13. The van der Waals surface area contributed by atoms with Gasteiger partial charge in [0.05, 0.1) is 18.0 Å². The van der Waals surface area contributed by atoms with Gasteiger partial charge in [-0.15, -0.1) is 35.3 Å². The van der Waals surface area contributed by atoms with Gasteiger partial charge in [-0.3, -0.25) is 14.9 Å². The minimum Gasteiger partial charge on any atom is -0.356 e. The lowest BCUT2D eigenvalue weighted by atomic mass is 10.1. The predicted molar refractivity (Wildman–Crippen MR) is 132 cm³/mol. The number of rotatable bonds is 8. The molecule has 164 valence electrons. The Bertz CT molecular complexity index is 833. The van der Waals surface area contributed by atoms with Crippen LogP contribution in [0.2, 0.25) is 0 Å².